The lowest BCUT2D eigenvalue weighted by atomic mass is 9.58. The molecule has 0 radical (unpaired) electrons. The van der Waals surface area contributed by atoms with Crippen LogP contribution in [0.2, 0.25) is 0 Å². The molecule has 188 valence electrons. The van der Waals surface area contributed by atoms with Gasteiger partial charge in [-0.1, -0.05) is 49.7 Å². The Balaban J connectivity index is 1.33. The molecule has 3 aliphatic carbocycles. The van der Waals surface area contributed by atoms with Crippen molar-refractivity contribution in [3.63, 3.8) is 0 Å². The predicted octanol–water partition coefficient (Wildman–Crippen LogP) is 8.92. The van der Waals surface area contributed by atoms with Gasteiger partial charge in [0.1, 0.15) is 7.05 Å². The van der Waals surface area contributed by atoms with E-state index in [4.69, 9.17) is 0 Å². The van der Waals surface area contributed by atoms with Gasteiger partial charge in [0.25, 0.3) is 0 Å². The maximum Gasteiger partial charge on any atom is 0.213 e. The third kappa shape index (κ3) is 4.04. The van der Waals surface area contributed by atoms with Gasteiger partial charge < -0.3 is 0 Å². The molecule has 1 heteroatoms. The van der Waals surface area contributed by atoms with Crippen LogP contribution >= 0.6 is 0 Å². The van der Waals surface area contributed by atoms with Crippen molar-refractivity contribution in [2.45, 2.75) is 98.3 Å². The molecular weight excluding hydrogens is 434 g/mol. The highest BCUT2D eigenvalue weighted by Crippen LogP contribution is 2.55. The molecule has 2 saturated carbocycles. The number of pyridine rings is 1. The zero-order chi connectivity index (χ0) is 25.2. The number of aryl methyl sites for hydroxylation is 4. The van der Waals surface area contributed by atoms with Crippen LogP contribution in [0.3, 0.4) is 0 Å². The van der Waals surface area contributed by atoms with Crippen LogP contribution < -0.4 is 4.57 Å². The van der Waals surface area contributed by atoms with E-state index in [0.717, 1.165) is 6.42 Å². The van der Waals surface area contributed by atoms with Gasteiger partial charge in [-0.3, -0.25) is 0 Å². The van der Waals surface area contributed by atoms with Crippen molar-refractivity contribution in [2.24, 2.45) is 17.9 Å². The fourth-order valence-corrected chi connectivity index (χ4v) is 7.86. The maximum absolute atomic E-state index is 2.58. The van der Waals surface area contributed by atoms with Gasteiger partial charge >= 0.3 is 0 Å². The molecule has 0 amide bonds. The molecule has 3 aromatic rings. The number of hydrogen-bond donors (Lipinski definition) is 0. The lowest BCUT2D eigenvalue weighted by molar-refractivity contribution is -0.660. The molecule has 1 heterocycles. The average molecular weight is 479 g/mol. The molecule has 6 rings (SSSR count). The van der Waals surface area contributed by atoms with E-state index < -0.39 is 0 Å². The molecule has 0 unspecified atom stereocenters. The summed E-state index contributed by atoms with van der Waals surface area (Å²) in [7, 11) is 2.25. The van der Waals surface area contributed by atoms with E-state index >= 15 is 0 Å². The number of rotatable bonds is 2. The number of hydrogen-bond acceptors (Lipinski definition) is 0. The topological polar surface area (TPSA) is 3.88 Å². The van der Waals surface area contributed by atoms with E-state index in [2.05, 4.69) is 88.8 Å². The van der Waals surface area contributed by atoms with Crippen LogP contribution in [0.25, 0.3) is 22.4 Å². The number of fused-ring (bicyclic) bond motifs is 3. The average Bonchev–Trinajstić information content (AvgIpc) is 3.20. The summed E-state index contributed by atoms with van der Waals surface area (Å²) in [5.41, 5.74) is 15.8. The maximum atomic E-state index is 2.58. The molecule has 3 aliphatic rings. The molecule has 1 aromatic heterocycles. The van der Waals surface area contributed by atoms with Gasteiger partial charge in [0.2, 0.25) is 5.69 Å². The standard InChI is InChI=1S/C35H44N/c1-23-7-9-28-27(19-23)20-31-29(28)10-8-24(2)33(31)32-21-30(25(3)22-36(32)6)26-11-13-35(14-12-26)17-15-34(4,5)16-18-35/h7-10,19,21-22,26H,11-18,20H2,1-6H3/q+1. The molecule has 2 aromatic carbocycles. The van der Waals surface area contributed by atoms with Gasteiger partial charge in [-0.2, -0.15) is 0 Å². The van der Waals surface area contributed by atoms with Crippen molar-refractivity contribution in [3.05, 3.63) is 76.0 Å². The Morgan fingerprint density at radius 3 is 2.19 bits per heavy atom. The first kappa shape index (κ1) is 24.0. The SMILES string of the molecule is Cc1ccc2c(c1)Cc1c-2ccc(C)c1-c1cc(C2CCC3(CC2)CCC(C)(C)CC3)c(C)c[n+]1C. The summed E-state index contributed by atoms with van der Waals surface area (Å²) in [6, 6.07) is 14.3. The molecule has 0 saturated heterocycles. The van der Waals surface area contributed by atoms with Crippen molar-refractivity contribution in [1.82, 2.24) is 0 Å². The molecule has 2 fully saturated rings. The molecule has 36 heavy (non-hydrogen) atoms. The minimum Gasteiger partial charge on any atom is -0.201 e. The van der Waals surface area contributed by atoms with Gasteiger partial charge in [-0.25, -0.2) is 4.57 Å². The zero-order valence-electron chi connectivity index (χ0n) is 23.4. The zero-order valence-corrected chi connectivity index (χ0v) is 23.4. The van der Waals surface area contributed by atoms with Crippen LogP contribution in [0.5, 0.6) is 0 Å². The molecule has 1 nitrogen and oxygen atoms in total. The van der Waals surface area contributed by atoms with Crippen molar-refractivity contribution >= 4 is 0 Å². The molecule has 0 aliphatic heterocycles. The Morgan fingerprint density at radius 1 is 0.778 bits per heavy atom. The highest BCUT2D eigenvalue weighted by Gasteiger charge is 2.41. The van der Waals surface area contributed by atoms with Crippen molar-refractivity contribution < 1.29 is 4.57 Å². The van der Waals surface area contributed by atoms with E-state index in [1.54, 1.807) is 5.56 Å². The van der Waals surface area contributed by atoms with Crippen LogP contribution in [0, 0.1) is 31.6 Å². The lowest BCUT2D eigenvalue weighted by Crippen LogP contribution is -2.35. The highest BCUT2D eigenvalue weighted by molar-refractivity contribution is 5.85. The Kier molecular flexibility index (Phi) is 5.71. The molecule has 1 spiro atoms. The summed E-state index contributed by atoms with van der Waals surface area (Å²) in [6.45, 7) is 11.8. The van der Waals surface area contributed by atoms with Gasteiger partial charge in [0, 0.05) is 11.6 Å². The van der Waals surface area contributed by atoms with E-state index in [1.165, 1.54) is 102 Å². The molecular formula is C35H44N+. The second kappa shape index (κ2) is 8.57. The van der Waals surface area contributed by atoms with Gasteiger partial charge in [0.15, 0.2) is 6.20 Å². The van der Waals surface area contributed by atoms with Gasteiger partial charge in [-0.05, 0) is 129 Å². The second-order valence-corrected chi connectivity index (χ2v) is 13.5. The van der Waals surface area contributed by atoms with Crippen LogP contribution in [-0.2, 0) is 13.5 Å². The summed E-state index contributed by atoms with van der Waals surface area (Å²) >= 11 is 0. The Bertz CT molecular complexity index is 1320. The van der Waals surface area contributed by atoms with E-state index in [0.29, 0.717) is 16.7 Å². The van der Waals surface area contributed by atoms with E-state index in [1.807, 2.05) is 0 Å². The Hall–Kier alpha value is -2.41. The minimum atomic E-state index is 0.563. The number of benzene rings is 2. The number of nitrogens with zero attached hydrogens (tertiary/aromatic N) is 1. The Labute approximate surface area is 219 Å². The van der Waals surface area contributed by atoms with Crippen LogP contribution in [0.4, 0.5) is 0 Å². The summed E-state index contributed by atoms with van der Waals surface area (Å²) < 4.78 is 2.39. The quantitative estimate of drug-likeness (QED) is 0.253. The summed E-state index contributed by atoms with van der Waals surface area (Å²) in [4.78, 5) is 0. The lowest BCUT2D eigenvalue weighted by Gasteiger charge is -2.47. The van der Waals surface area contributed by atoms with E-state index in [-0.39, 0.29) is 0 Å². The first-order chi connectivity index (χ1) is 17.1. The normalized spacial score (nSPS) is 20.4. The van der Waals surface area contributed by atoms with Gasteiger partial charge in [0.05, 0.1) is 5.56 Å². The molecule has 0 atom stereocenters. The van der Waals surface area contributed by atoms with Crippen LogP contribution in [0.1, 0.15) is 105 Å². The van der Waals surface area contributed by atoms with Gasteiger partial charge in [-0.15, -0.1) is 0 Å². The van der Waals surface area contributed by atoms with Crippen molar-refractivity contribution in [2.75, 3.05) is 0 Å². The van der Waals surface area contributed by atoms with Crippen LogP contribution in [0.15, 0.2) is 42.6 Å². The van der Waals surface area contributed by atoms with Crippen LogP contribution in [-0.4, -0.2) is 0 Å². The summed E-state index contributed by atoms with van der Waals surface area (Å²) in [5.74, 6) is 0.711. The third-order valence-corrected chi connectivity index (χ3v) is 10.4. The predicted molar refractivity (Wildman–Crippen MR) is 151 cm³/mol. The van der Waals surface area contributed by atoms with Crippen molar-refractivity contribution in [1.29, 1.82) is 0 Å². The minimum absolute atomic E-state index is 0.563. The summed E-state index contributed by atoms with van der Waals surface area (Å²) in [6.07, 6.45) is 14.8. The molecule has 0 N–H and O–H groups in total. The third-order valence-electron chi connectivity index (χ3n) is 10.4. The first-order valence-electron chi connectivity index (χ1n) is 14.4. The smallest absolute Gasteiger partial charge is 0.201 e. The Morgan fingerprint density at radius 2 is 1.47 bits per heavy atom. The van der Waals surface area contributed by atoms with Crippen molar-refractivity contribution in [3.8, 4) is 22.4 Å². The monoisotopic (exact) mass is 478 g/mol. The number of aromatic nitrogens is 1. The first-order valence-corrected chi connectivity index (χ1v) is 14.4. The fourth-order valence-electron chi connectivity index (χ4n) is 7.86. The molecule has 0 bridgehead atoms. The second-order valence-electron chi connectivity index (χ2n) is 13.5. The highest BCUT2D eigenvalue weighted by atomic mass is 14.9. The fraction of sp³-hybridized carbons (Fsp3) is 0.514. The van der Waals surface area contributed by atoms with E-state index in [9.17, 15) is 0 Å². The summed E-state index contributed by atoms with van der Waals surface area (Å²) in [5, 5.41) is 0. The largest absolute Gasteiger partial charge is 0.213 e.